The Labute approximate surface area is 150 Å². The first-order valence-corrected chi connectivity index (χ1v) is 7.91. The molecule has 1 heterocycles. The second-order valence-corrected chi connectivity index (χ2v) is 5.39. The number of anilines is 2. The van der Waals surface area contributed by atoms with E-state index in [2.05, 4.69) is 20.6 Å². The second-order valence-electron chi connectivity index (χ2n) is 5.39. The molecule has 1 aromatic heterocycles. The predicted octanol–water partition coefficient (Wildman–Crippen LogP) is 3.30. The van der Waals surface area contributed by atoms with Crippen LogP contribution in [0.5, 0.6) is 5.75 Å². The lowest BCUT2D eigenvalue weighted by Crippen LogP contribution is -2.24. The highest BCUT2D eigenvalue weighted by atomic mass is 19.1. The fourth-order valence-electron chi connectivity index (χ4n) is 2.30. The molecule has 0 fully saturated rings. The van der Waals surface area contributed by atoms with Crippen LogP contribution in [0.2, 0.25) is 0 Å². The lowest BCUT2D eigenvalue weighted by Gasteiger charge is -2.10. The number of rotatable bonds is 6. The molecule has 0 aliphatic carbocycles. The lowest BCUT2D eigenvalue weighted by molar-refractivity contribution is 0.0945. The highest BCUT2D eigenvalue weighted by molar-refractivity contribution is 5.92. The Morgan fingerprint density at radius 2 is 1.85 bits per heavy atom. The van der Waals surface area contributed by atoms with Gasteiger partial charge in [0.25, 0.3) is 5.91 Å². The van der Waals surface area contributed by atoms with Gasteiger partial charge in [-0.1, -0.05) is 30.3 Å². The van der Waals surface area contributed by atoms with Crippen LogP contribution < -0.4 is 15.4 Å². The maximum Gasteiger partial charge on any atom is 0.271 e. The topological polar surface area (TPSA) is 76.1 Å². The largest absolute Gasteiger partial charge is 0.495 e. The number of hydrogen-bond acceptors (Lipinski definition) is 5. The number of para-hydroxylation sites is 2. The van der Waals surface area contributed by atoms with Gasteiger partial charge in [-0.3, -0.25) is 4.79 Å². The first-order chi connectivity index (χ1) is 12.7. The molecule has 6 nitrogen and oxygen atoms in total. The average Bonchev–Trinajstić information content (AvgIpc) is 2.68. The minimum absolute atomic E-state index is 0.0778. The summed E-state index contributed by atoms with van der Waals surface area (Å²) in [6.45, 7) is 0.0778. The van der Waals surface area contributed by atoms with Crippen molar-refractivity contribution < 1.29 is 13.9 Å². The third-order valence-corrected chi connectivity index (χ3v) is 3.65. The van der Waals surface area contributed by atoms with Crippen LogP contribution in [-0.2, 0) is 6.54 Å². The standard InChI is InChI=1S/C19H17FN4O2/c1-26-17-9-5-4-8-15(17)24-18-12-21-16(11-22-18)19(25)23-10-13-6-2-3-7-14(13)20/h2-9,11-12H,10H2,1H3,(H,22,24)(H,23,25). The van der Waals surface area contributed by atoms with Crippen molar-refractivity contribution in [1.29, 1.82) is 0 Å². The zero-order chi connectivity index (χ0) is 18.4. The van der Waals surface area contributed by atoms with Gasteiger partial charge in [0.05, 0.1) is 25.2 Å². The minimum Gasteiger partial charge on any atom is -0.495 e. The van der Waals surface area contributed by atoms with E-state index in [-0.39, 0.29) is 18.1 Å². The zero-order valence-electron chi connectivity index (χ0n) is 14.1. The summed E-state index contributed by atoms with van der Waals surface area (Å²) < 4.78 is 18.8. The Kier molecular flexibility index (Phi) is 5.38. The smallest absolute Gasteiger partial charge is 0.271 e. The Bertz CT molecular complexity index is 900. The third-order valence-electron chi connectivity index (χ3n) is 3.65. The van der Waals surface area contributed by atoms with E-state index >= 15 is 0 Å². The summed E-state index contributed by atoms with van der Waals surface area (Å²) >= 11 is 0. The number of aromatic nitrogens is 2. The summed E-state index contributed by atoms with van der Waals surface area (Å²) in [5.41, 5.74) is 1.29. The van der Waals surface area contributed by atoms with E-state index < -0.39 is 5.91 Å². The van der Waals surface area contributed by atoms with Crippen LogP contribution in [0.25, 0.3) is 0 Å². The van der Waals surface area contributed by atoms with Crippen LogP contribution in [-0.4, -0.2) is 23.0 Å². The van der Waals surface area contributed by atoms with E-state index in [1.54, 1.807) is 25.3 Å². The molecule has 0 spiro atoms. The summed E-state index contributed by atoms with van der Waals surface area (Å²) in [4.78, 5) is 20.4. The maximum absolute atomic E-state index is 13.6. The highest BCUT2D eigenvalue weighted by Gasteiger charge is 2.10. The molecule has 26 heavy (non-hydrogen) atoms. The van der Waals surface area contributed by atoms with Crippen molar-refractivity contribution in [3.63, 3.8) is 0 Å². The Hall–Kier alpha value is -3.48. The number of benzene rings is 2. The van der Waals surface area contributed by atoms with Gasteiger partial charge in [-0.05, 0) is 18.2 Å². The van der Waals surface area contributed by atoms with E-state index in [1.165, 1.54) is 18.5 Å². The van der Waals surface area contributed by atoms with Gasteiger partial charge in [0, 0.05) is 12.1 Å². The number of methoxy groups -OCH3 is 1. The summed E-state index contributed by atoms with van der Waals surface area (Å²) in [5.74, 6) is 0.348. The number of nitrogens with one attached hydrogen (secondary N) is 2. The van der Waals surface area contributed by atoms with E-state index in [0.717, 1.165) is 5.69 Å². The van der Waals surface area contributed by atoms with E-state index in [9.17, 15) is 9.18 Å². The number of carbonyl (C=O) groups excluding carboxylic acids is 1. The van der Waals surface area contributed by atoms with Gasteiger partial charge in [0.1, 0.15) is 23.1 Å². The average molecular weight is 352 g/mol. The van der Waals surface area contributed by atoms with Crippen LogP contribution in [0.1, 0.15) is 16.1 Å². The Balaban J connectivity index is 1.63. The highest BCUT2D eigenvalue weighted by Crippen LogP contribution is 2.25. The van der Waals surface area contributed by atoms with E-state index in [0.29, 0.717) is 17.1 Å². The summed E-state index contributed by atoms with van der Waals surface area (Å²) in [6, 6.07) is 13.7. The van der Waals surface area contributed by atoms with Gasteiger partial charge in [0.15, 0.2) is 0 Å². The zero-order valence-corrected chi connectivity index (χ0v) is 14.1. The van der Waals surface area contributed by atoms with Gasteiger partial charge in [0.2, 0.25) is 0 Å². The van der Waals surface area contributed by atoms with Crippen LogP contribution in [0.4, 0.5) is 15.9 Å². The van der Waals surface area contributed by atoms with Crippen molar-refractivity contribution in [1.82, 2.24) is 15.3 Å². The summed E-state index contributed by atoms with van der Waals surface area (Å²) in [5, 5.41) is 5.70. The fourth-order valence-corrected chi connectivity index (χ4v) is 2.30. The number of carbonyl (C=O) groups is 1. The molecular formula is C19H17FN4O2. The van der Waals surface area contributed by atoms with Gasteiger partial charge in [-0.15, -0.1) is 0 Å². The molecule has 0 atom stereocenters. The third kappa shape index (κ3) is 4.13. The number of nitrogens with zero attached hydrogens (tertiary/aromatic N) is 2. The maximum atomic E-state index is 13.6. The van der Waals surface area contributed by atoms with Gasteiger partial charge < -0.3 is 15.4 Å². The van der Waals surface area contributed by atoms with Crippen molar-refractivity contribution in [3.05, 3.63) is 78.0 Å². The molecule has 2 N–H and O–H groups in total. The molecule has 0 bridgehead atoms. The fraction of sp³-hybridized carbons (Fsp3) is 0.105. The molecule has 0 aliphatic heterocycles. The molecule has 132 valence electrons. The summed E-state index contributed by atoms with van der Waals surface area (Å²) in [6.07, 6.45) is 2.80. The Morgan fingerprint density at radius 3 is 2.58 bits per heavy atom. The van der Waals surface area contributed by atoms with Crippen LogP contribution in [0.3, 0.4) is 0 Å². The molecule has 0 unspecified atom stereocenters. The quantitative estimate of drug-likeness (QED) is 0.712. The molecule has 1 amide bonds. The lowest BCUT2D eigenvalue weighted by atomic mass is 10.2. The van der Waals surface area contributed by atoms with Crippen molar-refractivity contribution in [3.8, 4) is 5.75 Å². The molecule has 2 aromatic carbocycles. The molecule has 3 aromatic rings. The summed E-state index contributed by atoms with van der Waals surface area (Å²) in [7, 11) is 1.58. The van der Waals surface area contributed by atoms with E-state index in [1.807, 2.05) is 24.3 Å². The van der Waals surface area contributed by atoms with Crippen LogP contribution >= 0.6 is 0 Å². The number of hydrogen-bond donors (Lipinski definition) is 2. The first-order valence-electron chi connectivity index (χ1n) is 7.91. The Morgan fingerprint density at radius 1 is 1.08 bits per heavy atom. The van der Waals surface area contributed by atoms with Crippen molar-refractivity contribution in [2.75, 3.05) is 12.4 Å². The SMILES string of the molecule is COc1ccccc1Nc1cnc(C(=O)NCc2ccccc2F)cn1. The first kappa shape index (κ1) is 17.3. The molecule has 0 saturated carbocycles. The normalized spacial score (nSPS) is 10.2. The van der Waals surface area contributed by atoms with Gasteiger partial charge in [-0.2, -0.15) is 0 Å². The monoisotopic (exact) mass is 352 g/mol. The number of amides is 1. The van der Waals surface area contributed by atoms with Crippen molar-refractivity contribution >= 4 is 17.4 Å². The second kappa shape index (κ2) is 8.06. The molecule has 7 heteroatoms. The molecular weight excluding hydrogens is 335 g/mol. The molecule has 0 radical (unpaired) electrons. The predicted molar refractivity (Wildman–Crippen MR) is 95.9 cm³/mol. The van der Waals surface area contributed by atoms with Gasteiger partial charge >= 0.3 is 0 Å². The molecule has 0 saturated heterocycles. The van der Waals surface area contributed by atoms with Crippen molar-refractivity contribution in [2.45, 2.75) is 6.54 Å². The van der Waals surface area contributed by atoms with E-state index in [4.69, 9.17) is 4.74 Å². The number of ether oxygens (including phenoxy) is 1. The van der Waals surface area contributed by atoms with Crippen LogP contribution in [0.15, 0.2) is 60.9 Å². The van der Waals surface area contributed by atoms with Crippen molar-refractivity contribution in [2.24, 2.45) is 0 Å². The number of halogens is 1. The van der Waals surface area contributed by atoms with Crippen LogP contribution in [0, 0.1) is 5.82 Å². The van der Waals surface area contributed by atoms with Gasteiger partial charge in [-0.25, -0.2) is 14.4 Å². The minimum atomic E-state index is -0.426. The molecule has 3 rings (SSSR count). The molecule has 0 aliphatic rings.